The number of thioether (sulfide) groups is 1. The van der Waals surface area contributed by atoms with E-state index in [2.05, 4.69) is 5.32 Å². The molecule has 130 valence electrons. The van der Waals surface area contributed by atoms with Gasteiger partial charge in [-0.3, -0.25) is 9.59 Å². The molecule has 1 aliphatic rings. The van der Waals surface area contributed by atoms with Crippen LogP contribution in [0.15, 0.2) is 47.4 Å². The molecule has 0 bridgehead atoms. The third-order valence-corrected chi connectivity index (χ3v) is 5.45. The summed E-state index contributed by atoms with van der Waals surface area (Å²) in [6, 6.07) is 11.9. The maximum atomic E-state index is 12.6. The van der Waals surface area contributed by atoms with E-state index in [1.165, 1.54) is 11.8 Å². The van der Waals surface area contributed by atoms with Crippen LogP contribution in [0.25, 0.3) is 0 Å². The lowest BCUT2D eigenvalue weighted by atomic mass is 10.2. The van der Waals surface area contributed by atoms with Crippen LogP contribution in [0.4, 0.5) is 5.69 Å². The Kier molecular flexibility index (Phi) is 5.57. The normalized spacial score (nSPS) is 17.0. The molecule has 25 heavy (non-hydrogen) atoms. The molecule has 4 nitrogen and oxygen atoms in total. The fraction of sp³-hybridized carbons (Fsp3) is 0.222. The monoisotopic (exact) mass is 394 g/mol. The number of para-hydroxylation sites is 1. The first-order chi connectivity index (χ1) is 12.0. The van der Waals surface area contributed by atoms with Crippen molar-refractivity contribution in [3.63, 3.8) is 0 Å². The molecule has 0 saturated carbocycles. The van der Waals surface area contributed by atoms with Crippen molar-refractivity contribution in [3.8, 4) is 0 Å². The standard InChI is InChI=1S/C18H16Cl2N2O2S/c1-25-11-6-7-13(19)12(10-11)17(23)21-15-8-9-22(18(15)24)16-5-3-2-4-14(16)20/h2-7,10,15H,8-9H2,1H3,(H,21,23). The third-order valence-electron chi connectivity index (χ3n) is 4.07. The molecular formula is C18H16Cl2N2O2S. The Morgan fingerprint density at radius 3 is 2.68 bits per heavy atom. The highest BCUT2D eigenvalue weighted by Gasteiger charge is 2.34. The molecule has 2 aromatic rings. The molecule has 0 aromatic heterocycles. The molecule has 1 unspecified atom stereocenters. The summed E-state index contributed by atoms with van der Waals surface area (Å²) in [5.41, 5.74) is 1.03. The maximum Gasteiger partial charge on any atom is 0.253 e. The summed E-state index contributed by atoms with van der Waals surface area (Å²) in [6.45, 7) is 0.506. The number of hydrogen-bond acceptors (Lipinski definition) is 3. The summed E-state index contributed by atoms with van der Waals surface area (Å²) in [4.78, 5) is 27.7. The van der Waals surface area contributed by atoms with Gasteiger partial charge in [-0.2, -0.15) is 0 Å². The highest BCUT2D eigenvalue weighted by molar-refractivity contribution is 7.98. The molecular weight excluding hydrogens is 379 g/mol. The minimum Gasteiger partial charge on any atom is -0.340 e. The molecule has 0 aliphatic carbocycles. The van der Waals surface area contributed by atoms with Crippen LogP contribution in [-0.4, -0.2) is 30.7 Å². The molecule has 3 rings (SSSR count). The average Bonchev–Trinajstić information content (AvgIpc) is 2.96. The smallest absolute Gasteiger partial charge is 0.253 e. The second-order valence-electron chi connectivity index (χ2n) is 5.60. The zero-order valence-electron chi connectivity index (χ0n) is 13.5. The van der Waals surface area contributed by atoms with E-state index < -0.39 is 6.04 Å². The van der Waals surface area contributed by atoms with Crippen LogP contribution in [0.1, 0.15) is 16.8 Å². The van der Waals surface area contributed by atoms with Crippen molar-refractivity contribution in [2.24, 2.45) is 0 Å². The van der Waals surface area contributed by atoms with E-state index >= 15 is 0 Å². The fourth-order valence-electron chi connectivity index (χ4n) is 2.77. The number of benzene rings is 2. The molecule has 2 amide bonds. The third kappa shape index (κ3) is 3.78. The van der Waals surface area contributed by atoms with Gasteiger partial charge in [-0.1, -0.05) is 35.3 Å². The Labute approximate surface area is 160 Å². The quantitative estimate of drug-likeness (QED) is 0.788. The predicted octanol–water partition coefficient (Wildman–Crippen LogP) is 4.25. The lowest BCUT2D eigenvalue weighted by molar-refractivity contribution is -0.118. The number of carbonyl (C=O) groups is 2. The molecule has 1 aliphatic heterocycles. The summed E-state index contributed by atoms with van der Waals surface area (Å²) in [5, 5.41) is 3.67. The molecule has 1 atom stereocenters. The second kappa shape index (κ2) is 7.68. The first-order valence-electron chi connectivity index (χ1n) is 7.71. The summed E-state index contributed by atoms with van der Waals surface area (Å²) in [5.74, 6) is -0.515. The Balaban J connectivity index is 1.75. The van der Waals surface area contributed by atoms with E-state index in [9.17, 15) is 9.59 Å². The largest absolute Gasteiger partial charge is 0.340 e. The average molecular weight is 395 g/mol. The lowest BCUT2D eigenvalue weighted by Crippen LogP contribution is -2.41. The number of amides is 2. The zero-order chi connectivity index (χ0) is 18.0. The molecule has 7 heteroatoms. The van der Waals surface area contributed by atoms with Gasteiger partial charge in [0.15, 0.2) is 0 Å². The van der Waals surface area contributed by atoms with E-state index in [4.69, 9.17) is 23.2 Å². The van der Waals surface area contributed by atoms with Gasteiger partial charge in [-0.15, -0.1) is 11.8 Å². The van der Waals surface area contributed by atoms with Crippen LogP contribution in [0.3, 0.4) is 0 Å². The van der Waals surface area contributed by atoms with Gasteiger partial charge in [0.25, 0.3) is 5.91 Å². The lowest BCUT2D eigenvalue weighted by Gasteiger charge is -2.18. The predicted molar refractivity (Wildman–Crippen MR) is 103 cm³/mol. The Morgan fingerprint density at radius 2 is 1.96 bits per heavy atom. The van der Waals surface area contributed by atoms with Crippen molar-refractivity contribution in [3.05, 3.63) is 58.1 Å². The molecule has 0 spiro atoms. The van der Waals surface area contributed by atoms with Gasteiger partial charge in [-0.25, -0.2) is 0 Å². The van der Waals surface area contributed by atoms with E-state index in [1.807, 2.05) is 24.5 Å². The Hall–Kier alpha value is -1.69. The van der Waals surface area contributed by atoms with Gasteiger partial charge in [0.1, 0.15) is 6.04 Å². The van der Waals surface area contributed by atoms with Crippen LogP contribution >= 0.6 is 35.0 Å². The number of nitrogens with one attached hydrogen (secondary N) is 1. The van der Waals surface area contributed by atoms with Crippen LogP contribution in [-0.2, 0) is 4.79 Å². The fourth-order valence-corrected chi connectivity index (χ4v) is 3.65. The summed E-state index contributed by atoms with van der Waals surface area (Å²) in [7, 11) is 0. The zero-order valence-corrected chi connectivity index (χ0v) is 15.8. The van der Waals surface area contributed by atoms with Gasteiger partial charge >= 0.3 is 0 Å². The van der Waals surface area contributed by atoms with Crippen molar-refractivity contribution in [1.29, 1.82) is 0 Å². The van der Waals surface area contributed by atoms with Crippen LogP contribution < -0.4 is 10.2 Å². The Bertz CT molecular complexity index is 828. The summed E-state index contributed by atoms with van der Waals surface area (Å²) in [6.07, 6.45) is 2.45. The number of rotatable bonds is 4. The first kappa shape index (κ1) is 18.1. The molecule has 2 aromatic carbocycles. The number of anilines is 1. The van der Waals surface area contributed by atoms with Crippen LogP contribution in [0.2, 0.25) is 10.0 Å². The van der Waals surface area contributed by atoms with Crippen molar-refractivity contribution in [1.82, 2.24) is 5.32 Å². The van der Waals surface area contributed by atoms with Gasteiger partial charge in [-0.05, 0) is 43.0 Å². The number of nitrogens with zero attached hydrogens (tertiary/aromatic N) is 1. The van der Waals surface area contributed by atoms with Gasteiger partial charge in [0.2, 0.25) is 5.91 Å². The van der Waals surface area contributed by atoms with Crippen molar-refractivity contribution >= 4 is 52.5 Å². The highest BCUT2D eigenvalue weighted by Crippen LogP contribution is 2.29. The minimum atomic E-state index is -0.585. The van der Waals surface area contributed by atoms with E-state index in [0.29, 0.717) is 34.3 Å². The van der Waals surface area contributed by atoms with Gasteiger partial charge < -0.3 is 10.2 Å². The van der Waals surface area contributed by atoms with Crippen molar-refractivity contribution in [2.75, 3.05) is 17.7 Å². The van der Waals surface area contributed by atoms with Crippen LogP contribution in [0.5, 0.6) is 0 Å². The summed E-state index contributed by atoms with van der Waals surface area (Å²) >= 11 is 13.8. The van der Waals surface area contributed by atoms with E-state index in [1.54, 1.807) is 29.2 Å². The summed E-state index contributed by atoms with van der Waals surface area (Å²) < 4.78 is 0. The first-order valence-corrected chi connectivity index (χ1v) is 9.69. The molecule has 1 saturated heterocycles. The van der Waals surface area contributed by atoms with Crippen molar-refractivity contribution < 1.29 is 9.59 Å². The van der Waals surface area contributed by atoms with Gasteiger partial charge in [0.05, 0.1) is 21.3 Å². The molecule has 1 heterocycles. The number of halogens is 2. The Morgan fingerprint density at radius 1 is 1.20 bits per heavy atom. The van der Waals surface area contributed by atoms with Crippen molar-refractivity contribution in [2.45, 2.75) is 17.4 Å². The SMILES string of the molecule is CSc1ccc(Cl)c(C(=O)NC2CCN(c3ccccc3Cl)C2=O)c1. The molecule has 0 radical (unpaired) electrons. The van der Waals surface area contributed by atoms with E-state index in [0.717, 1.165) is 4.90 Å². The number of hydrogen-bond donors (Lipinski definition) is 1. The topological polar surface area (TPSA) is 49.4 Å². The molecule has 1 N–H and O–H groups in total. The van der Waals surface area contributed by atoms with Gasteiger partial charge in [0, 0.05) is 11.4 Å². The van der Waals surface area contributed by atoms with E-state index in [-0.39, 0.29) is 11.8 Å². The highest BCUT2D eigenvalue weighted by atomic mass is 35.5. The number of carbonyl (C=O) groups excluding carboxylic acids is 2. The minimum absolute atomic E-state index is 0.168. The second-order valence-corrected chi connectivity index (χ2v) is 7.30. The maximum absolute atomic E-state index is 12.6. The molecule has 1 fully saturated rings. The van der Waals surface area contributed by atoms with Crippen LogP contribution in [0, 0.1) is 0 Å².